The molecule has 27 heavy (non-hydrogen) atoms. The van der Waals surface area contributed by atoms with Crippen molar-refractivity contribution >= 4 is 34.4 Å². The van der Waals surface area contributed by atoms with Crippen LogP contribution in [0, 0.1) is 0 Å². The molecule has 1 aliphatic rings. The molecule has 3 aromatic rings. The van der Waals surface area contributed by atoms with Crippen molar-refractivity contribution in [3.63, 3.8) is 0 Å². The minimum absolute atomic E-state index is 0.370. The van der Waals surface area contributed by atoms with Gasteiger partial charge in [0.15, 0.2) is 6.23 Å². The number of aliphatic hydroxyl groups excluding tert-OH is 3. The molecule has 4 rings (SSSR count). The van der Waals surface area contributed by atoms with Crippen LogP contribution in [0.3, 0.4) is 0 Å². The first-order valence-corrected chi connectivity index (χ1v) is 9.76. The molecule has 0 aliphatic carbocycles. The normalized spacial score (nSPS) is 25.3. The van der Waals surface area contributed by atoms with Crippen molar-refractivity contribution in [2.75, 3.05) is 6.61 Å². The second kappa shape index (κ2) is 7.75. The van der Waals surface area contributed by atoms with Gasteiger partial charge < -0.3 is 24.6 Å². The highest BCUT2D eigenvalue weighted by Gasteiger charge is 2.43. The fourth-order valence-electron chi connectivity index (χ4n) is 3.11. The maximum Gasteiger partial charge on any atom is 0.164 e. The molecule has 7 nitrogen and oxygen atoms in total. The minimum atomic E-state index is -1.15. The Morgan fingerprint density at radius 2 is 1.89 bits per heavy atom. The van der Waals surface area contributed by atoms with Crippen molar-refractivity contribution < 1.29 is 20.1 Å². The third-order valence-corrected chi connectivity index (χ3v) is 5.88. The highest BCUT2D eigenvalue weighted by molar-refractivity contribution is 7.98. The van der Waals surface area contributed by atoms with Gasteiger partial charge in [0.1, 0.15) is 35.3 Å². The smallest absolute Gasteiger partial charge is 0.164 e. The van der Waals surface area contributed by atoms with Gasteiger partial charge in [0.05, 0.1) is 12.0 Å². The van der Waals surface area contributed by atoms with Crippen molar-refractivity contribution in [2.45, 2.75) is 35.3 Å². The van der Waals surface area contributed by atoms with E-state index >= 15 is 0 Å². The molecule has 0 unspecified atom stereocenters. The van der Waals surface area contributed by atoms with Crippen molar-refractivity contribution in [1.29, 1.82) is 0 Å². The van der Waals surface area contributed by atoms with E-state index in [2.05, 4.69) is 9.97 Å². The van der Waals surface area contributed by atoms with E-state index in [0.29, 0.717) is 10.7 Å². The molecular formula is C18H18ClN3O4S. The average Bonchev–Trinajstić information content (AvgIpc) is 3.23. The second-order valence-corrected chi connectivity index (χ2v) is 7.68. The number of rotatable bonds is 5. The lowest BCUT2D eigenvalue weighted by atomic mass is 10.1. The summed E-state index contributed by atoms with van der Waals surface area (Å²) in [7, 11) is 0. The molecule has 3 heterocycles. The Hall–Kier alpha value is -1.68. The molecule has 1 aromatic carbocycles. The Bertz CT molecular complexity index is 936. The molecule has 0 spiro atoms. The third kappa shape index (κ3) is 3.56. The quantitative estimate of drug-likeness (QED) is 0.439. The predicted octanol–water partition coefficient (Wildman–Crippen LogP) is 1.99. The lowest BCUT2D eigenvalue weighted by Crippen LogP contribution is -2.33. The average molecular weight is 408 g/mol. The number of nitrogens with zero attached hydrogens (tertiary/aromatic N) is 3. The number of ether oxygens (including phenoxy) is 1. The van der Waals surface area contributed by atoms with Gasteiger partial charge in [-0.3, -0.25) is 0 Å². The number of hydrogen-bond donors (Lipinski definition) is 3. The van der Waals surface area contributed by atoms with Crippen LogP contribution in [0.2, 0.25) is 5.02 Å². The Kier molecular flexibility index (Phi) is 5.36. The van der Waals surface area contributed by atoms with Crippen molar-refractivity contribution in [3.05, 3.63) is 53.4 Å². The van der Waals surface area contributed by atoms with E-state index < -0.39 is 24.5 Å². The van der Waals surface area contributed by atoms with Crippen LogP contribution in [0.25, 0.3) is 11.0 Å². The van der Waals surface area contributed by atoms with Crippen LogP contribution in [-0.2, 0) is 10.5 Å². The molecule has 1 saturated heterocycles. The SMILES string of the molecule is OC[C@H]1O[C@@H](n2ccc3c(SCc4ccc(Cl)cc4)ncnc32)[C@H](O)[C@@H]1O. The summed E-state index contributed by atoms with van der Waals surface area (Å²) in [5.41, 5.74) is 1.72. The van der Waals surface area contributed by atoms with Gasteiger partial charge in [0.2, 0.25) is 0 Å². The van der Waals surface area contributed by atoms with E-state index in [4.69, 9.17) is 16.3 Å². The zero-order valence-electron chi connectivity index (χ0n) is 14.1. The first kappa shape index (κ1) is 18.7. The van der Waals surface area contributed by atoms with Crippen molar-refractivity contribution in [1.82, 2.24) is 14.5 Å². The van der Waals surface area contributed by atoms with Crippen LogP contribution < -0.4 is 0 Å². The zero-order valence-corrected chi connectivity index (χ0v) is 15.7. The summed E-state index contributed by atoms with van der Waals surface area (Å²) in [4.78, 5) is 8.67. The monoisotopic (exact) mass is 407 g/mol. The molecule has 142 valence electrons. The fourth-order valence-corrected chi connectivity index (χ4v) is 4.17. The topological polar surface area (TPSA) is 101 Å². The molecule has 3 N–H and O–H groups in total. The number of aliphatic hydroxyl groups is 3. The maximum absolute atomic E-state index is 10.3. The van der Waals surface area contributed by atoms with E-state index in [9.17, 15) is 15.3 Å². The van der Waals surface area contributed by atoms with Gasteiger partial charge in [0.25, 0.3) is 0 Å². The standard InChI is InChI=1S/C18H18ClN3O4S/c19-11-3-1-10(2-4-11)8-27-17-12-5-6-22(16(12)20-9-21-17)18-15(25)14(24)13(7-23)26-18/h1-6,9,13-15,18,23-25H,7-8H2/t13-,14-,15-,18-/m1/s1. The van der Waals surface area contributed by atoms with E-state index in [-0.39, 0.29) is 6.61 Å². The number of aromatic nitrogens is 3. The van der Waals surface area contributed by atoms with Gasteiger partial charge in [-0.05, 0) is 23.8 Å². The molecule has 0 saturated carbocycles. The highest BCUT2D eigenvalue weighted by atomic mass is 35.5. The second-order valence-electron chi connectivity index (χ2n) is 6.28. The Morgan fingerprint density at radius 1 is 1.11 bits per heavy atom. The van der Waals surface area contributed by atoms with Crippen LogP contribution in [-0.4, -0.2) is 54.8 Å². The first-order valence-electron chi connectivity index (χ1n) is 8.39. The molecule has 1 aliphatic heterocycles. The van der Waals surface area contributed by atoms with Gasteiger partial charge in [-0.15, -0.1) is 11.8 Å². The largest absolute Gasteiger partial charge is 0.394 e. The molecule has 0 bridgehead atoms. The summed E-state index contributed by atoms with van der Waals surface area (Å²) in [6.07, 6.45) is -0.756. The van der Waals surface area contributed by atoms with Crippen LogP contribution in [0.1, 0.15) is 11.8 Å². The summed E-state index contributed by atoms with van der Waals surface area (Å²) in [6.45, 7) is -0.370. The molecule has 1 fully saturated rings. The fraction of sp³-hybridized carbons (Fsp3) is 0.333. The van der Waals surface area contributed by atoms with Gasteiger partial charge in [-0.1, -0.05) is 23.7 Å². The van der Waals surface area contributed by atoms with E-state index in [0.717, 1.165) is 21.7 Å². The van der Waals surface area contributed by atoms with Gasteiger partial charge in [0, 0.05) is 17.0 Å². The van der Waals surface area contributed by atoms with E-state index in [1.165, 1.54) is 6.33 Å². The molecule has 0 amide bonds. The number of benzene rings is 1. The third-order valence-electron chi connectivity index (χ3n) is 4.55. The minimum Gasteiger partial charge on any atom is -0.394 e. The van der Waals surface area contributed by atoms with E-state index in [1.54, 1.807) is 22.5 Å². The summed E-state index contributed by atoms with van der Waals surface area (Å²) in [5, 5.41) is 31.9. The Morgan fingerprint density at radius 3 is 2.59 bits per heavy atom. The molecule has 2 aromatic heterocycles. The molecular weight excluding hydrogens is 390 g/mol. The first-order chi connectivity index (χ1) is 13.1. The highest BCUT2D eigenvalue weighted by Crippen LogP contribution is 2.34. The maximum atomic E-state index is 10.3. The van der Waals surface area contributed by atoms with Crippen molar-refractivity contribution in [3.8, 4) is 0 Å². The summed E-state index contributed by atoms with van der Waals surface area (Å²) in [5.74, 6) is 0.725. The lowest BCUT2D eigenvalue weighted by Gasteiger charge is -2.17. The Balaban J connectivity index is 1.59. The van der Waals surface area contributed by atoms with Crippen molar-refractivity contribution in [2.24, 2.45) is 0 Å². The summed E-state index contributed by atoms with van der Waals surface area (Å²) in [6, 6.07) is 9.50. The van der Waals surface area contributed by atoms with Gasteiger partial charge in [-0.25, -0.2) is 9.97 Å². The Labute approximate surface area is 164 Å². The van der Waals surface area contributed by atoms with Gasteiger partial charge in [-0.2, -0.15) is 0 Å². The number of hydrogen-bond acceptors (Lipinski definition) is 7. The number of halogens is 1. The van der Waals surface area contributed by atoms with Crippen LogP contribution in [0.15, 0.2) is 47.9 Å². The zero-order chi connectivity index (χ0) is 19.0. The number of fused-ring (bicyclic) bond motifs is 1. The summed E-state index contributed by atoms with van der Waals surface area (Å²) >= 11 is 7.49. The van der Waals surface area contributed by atoms with Gasteiger partial charge >= 0.3 is 0 Å². The molecule has 9 heteroatoms. The van der Waals surface area contributed by atoms with E-state index in [1.807, 2.05) is 30.3 Å². The number of thioether (sulfide) groups is 1. The predicted molar refractivity (Wildman–Crippen MR) is 102 cm³/mol. The van der Waals surface area contributed by atoms with Crippen LogP contribution >= 0.6 is 23.4 Å². The van der Waals surface area contributed by atoms with Crippen LogP contribution in [0.4, 0.5) is 0 Å². The lowest BCUT2D eigenvalue weighted by molar-refractivity contribution is -0.0508. The molecule has 0 radical (unpaired) electrons. The van der Waals surface area contributed by atoms with Crippen LogP contribution in [0.5, 0.6) is 0 Å². The molecule has 4 atom stereocenters. The summed E-state index contributed by atoms with van der Waals surface area (Å²) < 4.78 is 7.26.